The first kappa shape index (κ1) is 15.7. The second-order valence-electron chi connectivity index (χ2n) is 5.89. The molecule has 0 aliphatic heterocycles. The zero-order chi connectivity index (χ0) is 16.5. The Morgan fingerprint density at radius 1 is 1.33 bits per heavy atom. The number of benzene rings is 1. The zero-order valence-corrected chi connectivity index (χ0v) is 15.4. The highest BCUT2D eigenvalue weighted by atomic mass is 79.9. The molecular weight excluding hydrogens is 388 g/mol. The van der Waals surface area contributed by atoms with Crippen molar-refractivity contribution in [2.24, 2.45) is 0 Å². The van der Waals surface area contributed by atoms with Crippen molar-refractivity contribution in [3.8, 4) is 5.75 Å². The van der Waals surface area contributed by atoms with Gasteiger partial charge in [-0.1, -0.05) is 18.2 Å². The first-order valence-corrected chi connectivity index (χ1v) is 9.64. The SMILES string of the molecule is O=C(NC1CC1)c1cc2scc(Br)c2n1CCOc1ccccc1. The number of nitrogens with zero attached hydrogens (tertiary/aromatic N) is 1. The van der Waals surface area contributed by atoms with Crippen LogP contribution in [-0.4, -0.2) is 23.1 Å². The Morgan fingerprint density at radius 3 is 2.88 bits per heavy atom. The van der Waals surface area contributed by atoms with Crippen molar-refractivity contribution < 1.29 is 9.53 Å². The average molecular weight is 405 g/mol. The van der Waals surface area contributed by atoms with E-state index in [0.717, 1.165) is 33.3 Å². The van der Waals surface area contributed by atoms with E-state index >= 15 is 0 Å². The van der Waals surface area contributed by atoms with Crippen LogP contribution in [0.2, 0.25) is 0 Å². The smallest absolute Gasteiger partial charge is 0.268 e. The summed E-state index contributed by atoms with van der Waals surface area (Å²) in [4.78, 5) is 12.5. The summed E-state index contributed by atoms with van der Waals surface area (Å²) >= 11 is 5.24. The van der Waals surface area contributed by atoms with Crippen molar-refractivity contribution in [1.82, 2.24) is 9.88 Å². The van der Waals surface area contributed by atoms with Gasteiger partial charge in [0.15, 0.2) is 0 Å². The topological polar surface area (TPSA) is 43.3 Å². The summed E-state index contributed by atoms with van der Waals surface area (Å²) in [6.45, 7) is 1.14. The maximum atomic E-state index is 12.5. The summed E-state index contributed by atoms with van der Waals surface area (Å²) < 4.78 is 10.00. The molecule has 0 spiro atoms. The molecule has 0 bridgehead atoms. The van der Waals surface area contributed by atoms with Crippen LogP contribution in [0.1, 0.15) is 23.3 Å². The number of thiophene rings is 1. The number of rotatable bonds is 6. The Hall–Kier alpha value is -1.79. The quantitative estimate of drug-likeness (QED) is 0.659. The van der Waals surface area contributed by atoms with Crippen molar-refractivity contribution in [3.63, 3.8) is 0 Å². The van der Waals surface area contributed by atoms with Crippen LogP contribution in [-0.2, 0) is 6.54 Å². The van der Waals surface area contributed by atoms with Crippen LogP contribution in [0.5, 0.6) is 5.75 Å². The van der Waals surface area contributed by atoms with Crippen LogP contribution >= 0.6 is 27.3 Å². The lowest BCUT2D eigenvalue weighted by molar-refractivity contribution is 0.0941. The summed E-state index contributed by atoms with van der Waals surface area (Å²) in [7, 11) is 0. The van der Waals surface area contributed by atoms with Gasteiger partial charge in [-0.05, 0) is 47.0 Å². The van der Waals surface area contributed by atoms with Crippen molar-refractivity contribution in [2.45, 2.75) is 25.4 Å². The zero-order valence-electron chi connectivity index (χ0n) is 13.0. The lowest BCUT2D eigenvalue weighted by Gasteiger charge is -2.12. The third-order valence-electron chi connectivity index (χ3n) is 4.05. The largest absolute Gasteiger partial charge is 0.492 e. The normalized spacial score (nSPS) is 14.0. The summed E-state index contributed by atoms with van der Waals surface area (Å²) in [6, 6.07) is 12.1. The van der Waals surface area contributed by atoms with E-state index in [1.807, 2.05) is 36.4 Å². The van der Waals surface area contributed by atoms with Crippen molar-refractivity contribution in [2.75, 3.05) is 6.61 Å². The molecular formula is C18H17BrN2O2S. The Labute approximate surface area is 152 Å². The summed E-state index contributed by atoms with van der Waals surface area (Å²) in [5.41, 5.74) is 1.78. The van der Waals surface area contributed by atoms with Gasteiger partial charge in [0, 0.05) is 11.4 Å². The van der Waals surface area contributed by atoms with Crippen LogP contribution in [0.3, 0.4) is 0 Å². The lowest BCUT2D eigenvalue weighted by atomic mass is 10.3. The maximum Gasteiger partial charge on any atom is 0.268 e. The van der Waals surface area contributed by atoms with Crippen molar-refractivity contribution in [1.29, 1.82) is 0 Å². The average Bonchev–Trinajstić information content (AvgIpc) is 3.21. The molecule has 6 heteroatoms. The van der Waals surface area contributed by atoms with Crippen molar-refractivity contribution >= 4 is 43.4 Å². The van der Waals surface area contributed by atoms with Gasteiger partial charge >= 0.3 is 0 Å². The Balaban J connectivity index is 1.56. The second-order valence-corrected chi connectivity index (χ2v) is 7.65. The predicted molar refractivity (Wildman–Crippen MR) is 99.9 cm³/mol. The van der Waals surface area contributed by atoms with Gasteiger partial charge in [-0.3, -0.25) is 4.79 Å². The fourth-order valence-corrected chi connectivity index (χ4v) is 4.40. The van der Waals surface area contributed by atoms with E-state index < -0.39 is 0 Å². The maximum absolute atomic E-state index is 12.5. The third kappa shape index (κ3) is 3.21. The molecule has 2 heterocycles. The molecule has 24 heavy (non-hydrogen) atoms. The Morgan fingerprint density at radius 2 is 2.12 bits per heavy atom. The minimum atomic E-state index is 0.00695. The molecule has 124 valence electrons. The summed E-state index contributed by atoms with van der Waals surface area (Å²) in [5, 5.41) is 5.13. The number of aromatic nitrogens is 1. The fraction of sp³-hybridized carbons (Fsp3) is 0.278. The molecule has 0 atom stereocenters. The number of ether oxygens (including phenoxy) is 1. The number of halogens is 1. The minimum absolute atomic E-state index is 0.00695. The van der Waals surface area contributed by atoms with Gasteiger partial charge in [-0.2, -0.15) is 0 Å². The highest BCUT2D eigenvalue weighted by molar-refractivity contribution is 9.10. The first-order valence-electron chi connectivity index (χ1n) is 7.97. The van der Waals surface area contributed by atoms with Gasteiger partial charge in [0.05, 0.1) is 21.2 Å². The van der Waals surface area contributed by atoms with E-state index in [1.165, 1.54) is 0 Å². The molecule has 4 nitrogen and oxygen atoms in total. The molecule has 0 radical (unpaired) electrons. The lowest BCUT2D eigenvalue weighted by Crippen LogP contribution is -2.28. The number of carbonyl (C=O) groups is 1. The van der Waals surface area contributed by atoms with Crippen LogP contribution in [0.15, 0.2) is 46.3 Å². The van der Waals surface area contributed by atoms with E-state index in [0.29, 0.717) is 24.9 Å². The number of fused-ring (bicyclic) bond motifs is 1. The highest BCUT2D eigenvalue weighted by Gasteiger charge is 2.26. The van der Waals surface area contributed by atoms with Gasteiger partial charge in [-0.25, -0.2) is 0 Å². The first-order chi connectivity index (χ1) is 11.7. The molecule has 1 fully saturated rings. The molecule has 0 saturated heterocycles. The van der Waals surface area contributed by atoms with Gasteiger partial charge in [0.1, 0.15) is 18.1 Å². The molecule has 1 aromatic carbocycles. The number of nitrogens with one attached hydrogen (secondary N) is 1. The molecule has 1 saturated carbocycles. The van der Waals surface area contributed by atoms with Crippen LogP contribution in [0, 0.1) is 0 Å². The number of hydrogen-bond donors (Lipinski definition) is 1. The Kier molecular flexibility index (Phi) is 4.33. The number of hydrogen-bond acceptors (Lipinski definition) is 3. The molecule has 4 rings (SSSR count). The molecule has 3 aromatic rings. The van der Waals surface area contributed by atoms with Crippen LogP contribution in [0.25, 0.3) is 10.2 Å². The molecule has 1 N–H and O–H groups in total. The molecule has 1 amide bonds. The standard InChI is InChI=1S/C18H17BrN2O2S/c19-14-11-24-16-10-15(18(22)20-12-6-7-12)21(17(14)16)8-9-23-13-4-2-1-3-5-13/h1-5,10-12H,6-9H2,(H,20,22). The second kappa shape index (κ2) is 6.61. The summed E-state index contributed by atoms with van der Waals surface area (Å²) in [6.07, 6.45) is 2.17. The van der Waals surface area contributed by atoms with E-state index in [9.17, 15) is 4.79 Å². The van der Waals surface area contributed by atoms with Crippen molar-refractivity contribution in [3.05, 3.63) is 51.9 Å². The number of amides is 1. The predicted octanol–water partition coefficient (Wildman–Crippen LogP) is 4.44. The molecule has 1 aliphatic rings. The van der Waals surface area contributed by atoms with E-state index in [4.69, 9.17) is 4.74 Å². The van der Waals surface area contributed by atoms with E-state index in [1.54, 1.807) is 11.3 Å². The van der Waals surface area contributed by atoms with Gasteiger partial charge in [0.2, 0.25) is 0 Å². The van der Waals surface area contributed by atoms with Crippen LogP contribution in [0.4, 0.5) is 0 Å². The van der Waals surface area contributed by atoms with E-state index in [2.05, 4.69) is 31.2 Å². The van der Waals surface area contributed by atoms with Gasteiger partial charge in [0.25, 0.3) is 5.91 Å². The Bertz CT molecular complexity index is 868. The van der Waals surface area contributed by atoms with E-state index in [-0.39, 0.29) is 5.91 Å². The van der Waals surface area contributed by atoms with Crippen LogP contribution < -0.4 is 10.1 Å². The fourth-order valence-electron chi connectivity index (χ4n) is 2.71. The summed E-state index contributed by atoms with van der Waals surface area (Å²) in [5.74, 6) is 0.849. The number of carbonyl (C=O) groups excluding carboxylic acids is 1. The molecule has 0 unspecified atom stereocenters. The van der Waals surface area contributed by atoms with Gasteiger partial charge in [-0.15, -0.1) is 11.3 Å². The third-order valence-corrected chi connectivity index (χ3v) is 5.88. The molecule has 1 aliphatic carbocycles. The highest BCUT2D eigenvalue weighted by Crippen LogP contribution is 2.33. The minimum Gasteiger partial charge on any atom is -0.492 e. The molecule has 2 aromatic heterocycles. The monoisotopic (exact) mass is 404 g/mol. The number of para-hydroxylation sites is 1. The van der Waals surface area contributed by atoms with Gasteiger partial charge < -0.3 is 14.6 Å².